The first-order chi connectivity index (χ1) is 8.61. The van der Waals surface area contributed by atoms with Gasteiger partial charge < -0.3 is 9.30 Å². The van der Waals surface area contributed by atoms with Crippen LogP contribution >= 0.6 is 0 Å². The van der Waals surface area contributed by atoms with E-state index in [9.17, 15) is 9.59 Å². The highest BCUT2D eigenvalue weighted by Gasteiger charge is 2.07. The Balaban J connectivity index is 2.38. The van der Waals surface area contributed by atoms with Crippen LogP contribution in [0, 0.1) is 0 Å². The highest BCUT2D eigenvalue weighted by atomic mass is 16.5. The maximum atomic E-state index is 11.4. The van der Waals surface area contributed by atoms with E-state index in [0.29, 0.717) is 11.1 Å². The van der Waals surface area contributed by atoms with Crippen LogP contribution in [0.1, 0.15) is 27.6 Å². The molecule has 0 spiro atoms. The van der Waals surface area contributed by atoms with Crippen LogP contribution < -0.4 is 0 Å². The fraction of sp³-hybridized carbons (Fsp3) is 0.143. The minimum Gasteiger partial charge on any atom is -0.465 e. The Bertz CT molecular complexity index is 599. The Morgan fingerprint density at radius 2 is 1.94 bits per heavy atom. The van der Waals surface area contributed by atoms with Gasteiger partial charge >= 0.3 is 5.97 Å². The van der Waals surface area contributed by atoms with E-state index in [-0.39, 0.29) is 11.8 Å². The number of benzene rings is 1. The molecule has 4 heteroatoms. The predicted octanol–water partition coefficient (Wildman–Crippen LogP) is 2.47. The monoisotopic (exact) mass is 243 g/mol. The van der Waals surface area contributed by atoms with Crippen molar-refractivity contribution in [3.63, 3.8) is 0 Å². The summed E-state index contributed by atoms with van der Waals surface area (Å²) in [4.78, 5) is 22.6. The number of Topliss-reactive ketones (excluding diaryl/α,β-unsaturated/α-hetero) is 1. The summed E-state index contributed by atoms with van der Waals surface area (Å²) in [7, 11) is 1.35. The van der Waals surface area contributed by atoms with Gasteiger partial charge in [0.2, 0.25) is 0 Å². The van der Waals surface area contributed by atoms with E-state index in [4.69, 9.17) is 0 Å². The predicted molar refractivity (Wildman–Crippen MR) is 67.1 cm³/mol. The summed E-state index contributed by atoms with van der Waals surface area (Å²) in [6.07, 6.45) is 3.52. The van der Waals surface area contributed by atoms with E-state index < -0.39 is 0 Å². The van der Waals surface area contributed by atoms with Crippen molar-refractivity contribution < 1.29 is 14.3 Å². The lowest BCUT2D eigenvalue weighted by Gasteiger charge is -2.05. The Morgan fingerprint density at radius 1 is 1.17 bits per heavy atom. The van der Waals surface area contributed by atoms with E-state index in [1.807, 2.05) is 6.07 Å². The van der Waals surface area contributed by atoms with Gasteiger partial charge in [-0.25, -0.2) is 4.79 Å². The minimum absolute atomic E-state index is 0.0119. The van der Waals surface area contributed by atoms with Crippen LogP contribution in [0.2, 0.25) is 0 Å². The van der Waals surface area contributed by atoms with Crippen molar-refractivity contribution in [3.8, 4) is 5.69 Å². The fourth-order valence-electron chi connectivity index (χ4n) is 1.68. The zero-order valence-corrected chi connectivity index (χ0v) is 10.2. The molecule has 0 saturated carbocycles. The third-order valence-electron chi connectivity index (χ3n) is 2.66. The second-order valence-electron chi connectivity index (χ2n) is 3.91. The van der Waals surface area contributed by atoms with Crippen LogP contribution in [0.25, 0.3) is 5.69 Å². The van der Waals surface area contributed by atoms with Gasteiger partial charge in [-0.1, -0.05) is 6.07 Å². The van der Waals surface area contributed by atoms with Gasteiger partial charge in [0, 0.05) is 23.6 Å². The number of aromatic nitrogens is 1. The quantitative estimate of drug-likeness (QED) is 0.614. The number of ether oxygens (including phenoxy) is 1. The molecule has 0 saturated heterocycles. The summed E-state index contributed by atoms with van der Waals surface area (Å²) in [5.41, 5.74) is 1.93. The number of esters is 1. The number of carbonyl (C=O) groups excluding carboxylic acids is 2. The fourth-order valence-corrected chi connectivity index (χ4v) is 1.68. The average Bonchev–Trinajstić information content (AvgIpc) is 2.88. The summed E-state index contributed by atoms with van der Waals surface area (Å²) in [5, 5.41) is 0. The molecular weight excluding hydrogens is 230 g/mol. The summed E-state index contributed by atoms with van der Waals surface area (Å²) >= 11 is 0. The van der Waals surface area contributed by atoms with Gasteiger partial charge in [0.1, 0.15) is 0 Å². The Labute approximate surface area is 105 Å². The average molecular weight is 243 g/mol. The smallest absolute Gasteiger partial charge is 0.337 e. The number of carbonyl (C=O) groups is 2. The molecule has 0 unspecified atom stereocenters. The largest absolute Gasteiger partial charge is 0.465 e. The molecule has 92 valence electrons. The summed E-state index contributed by atoms with van der Waals surface area (Å²) in [6.45, 7) is 1.52. The van der Waals surface area contributed by atoms with E-state index in [0.717, 1.165) is 5.69 Å². The van der Waals surface area contributed by atoms with Crippen molar-refractivity contribution in [2.24, 2.45) is 0 Å². The lowest BCUT2D eigenvalue weighted by atomic mass is 10.2. The molecule has 2 aromatic rings. The first-order valence-electron chi connectivity index (χ1n) is 5.49. The third kappa shape index (κ3) is 2.32. The highest BCUT2D eigenvalue weighted by molar-refractivity contribution is 5.94. The number of methoxy groups -OCH3 is 1. The maximum absolute atomic E-state index is 11.4. The van der Waals surface area contributed by atoms with Gasteiger partial charge in [0.05, 0.1) is 12.7 Å². The molecule has 0 atom stereocenters. The van der Waals surface area contributed by atoms with Gasteiger partial charge in [0.25, 0.3) is 0 Å². The number of hydrogen-bond acceptors (Lipinski definition) is 3. The van der Waals surface area contributed by atoms with Crippen LogP contribution in [0.4, 0.5) is 0 Å². The first kappa shape index (κ1) is 12.1. The van der Waals surface area contributed by atoms with Gasteiger partial charge in [-0.15, -0.1) is 0 Å². The standard InChI is InChI=1S/C14H13NO3/c1-10(16)12-6-7-15(9-12)13-5-3-4-11(8-13)14(17)18-2/h3-9H,1-2H3. The Hall–Kier alpha value is -2.36. The molecule has 1 aromatic heterocycles. The van der Waals surface area contributed by atoms with Crippen LogP contribution in [-0.4, -0.2) is 23.4 Å². The van der Waals surface area contributed by atoms with Crippen molar-refractivity contribution in [2.45, 2.75) is 6.92 Å². The van der Waals surface area contributed by atoms with E-state index >= 15 is 0 Å². The molecule has 0 aliphatic rings. The molecule has 0 aliphatic carbocycles. The van der Waals surface area contributed by atoms with Crippen LogP contribution in [0.15, 0.2) is 42.7 Å². The number of rotatable bonds is 3. The molecule has 0 bridgehead atoms. The maximum Gasteiger partial charge on any atom is 0.337 e. The van der Waals surface area contributed by atoms with Crippen molar-refractivity contribution >= 4 is 11.8 Å². The zero-order chi connectivity index (χ0) is 13.1. The molecule has 0 fully saturated rings. The van der Waals surface area contributed by atoms with Crippen molar-refractivity contribution in [2.75, 3.05) is 7.11 Å². The minimum atomic E-state index is -0.379. The number of hydrogen-bond donors (Lipinski definition) is 0. The lowest BCUT2D eigenvalue weighted by molar-refractivity contribution is 0.0600. The van der Waals surface area contributed by atoms with E-state index in [2.05, 4.69) is 4.74 Å². The first-order valence-corrected chi connectivity index (χ1v) is 5.49. The van der Waals surface area contributed by atoms with Gasteiger partial charge in [0.15, 0.2) is 5.78 Å². The van der Waals surface area contributed by atoms with Gasteiger partial charge in [-0.2, -0.15) is 0 Å². The number of ketones is 1. The molecule has 0 radical (unpaired) electrons. The molecule has 1 heterocycles. The molecular formula is C14H13NO3. The molecule has 4 nitrogen and oxygen atoms in total. The summed E-state index contributed by atoms with van der Waals surface area (Å²) in [5.74, 6) is -0.367. The topological polar surface area (TPSA) is 48.3 Å². The van der Waals surface area contributed by atoms with Crippen molar-refractivity contribution in [3.05, 3.63) is 53.9 Å². The van der Waals surface area contributed by atoms with E-state index in [1.165, 1.54) is 14.0 Å². The zero-order valence-electron chi connectivity index (χ0n) is 10.2. The third-order valence-corrected chi connectivity index (χ3v) is 2.66. The van der Waals surface area contributed by atoms with Crippen LogP contribution in [-0.2, 0) is 4.74 Å². The second-order valence-corrected chi connectivity index (χ2v) is 3.91. The van der Waals surface area contributed by atoms with Crippen molar-refractivity contribution in [1.29, 1.82) is 0 Å². The lowest BCUT2D eigenvalue weighted by Crippen LogP contribution is -2.02. The van der Waals surface area contributed by atoms with Gasteiger partial charge in [-0.3, -0.25) is 4.79 Å². The summed E-state index contributed by atoms with van der Waals surface area (Å²) < 4.78 is 6.46. The van der Waals surface area contributed by atoms with Crippen LogP contribution in [0.5, 0.6) is 0 Å². The number of nitrogens with zero attached hydrogens (tertiary/aromatic N) is 1. The molecule has 18 heavy (non-hydrogen) atoms. The molecule has 0 aliphatic heterocycles. The summed E-state index contributed by atoms with van der Waals surface area (Å²) in [6, 6.07) is 8.78. The Morgan fingerprint density at radius 3 is 2.56 bits per heavy atom. The van der Waals surface area contributed by atoms with E-state index in [1.54, 1.807) is 41.2 Å². The second kappa shape index (κ2) is 4.87. The molecule has 0 amide bonds. The highest BCUT2D eigenvalue weighted by Crippen LogP contribution is 2.14. The normalized spacial score (nSPS) is 10.1. The SMILES string of the molecule is COC(=O)c1cccc(-n2ccc(C(C)=O)c2)c1. The molecule has 0 N–H and O–H groups in total. The van der Waals surface area contributed by atoms with Gasteiger partial charge in [-0.05, 0) is 31.2 Å². The van der Waals surface area contributed by atoms with Crippen molar-refractivity contribution in [1.82, 2.24) is 4.57 Å². The Kier molecular flexibility index (Phi) is 3.28. The van der Waals surface area contributed by atoms with Crippen LogP contribution in [0.3, 0.4) is 0 Å². The molecule has 2 rings (SSSR count). The molecule has 1 aromatic carbocycles.